The molecule has 0 saturated carbocycles. The summed E-state index contributed by atoms with van der Waals surface area (Å²) in [6, 6.07) is 3.99. The van der Waals surface area contributed by atoms with E-state index in [2.05, 4.69) is 0 Å². The number of ether oxygens (including phenoxy) is 1. The molecule has 0 bridgehead atoms. The van der Waals surface area contributed by atoms with Crippen LogP contribution >= 0.6 is 0 Å². The van der Waals surface area contributed by atoms with Gasteiger partial charge >= 0.3 is 29.6 Å². The van der Waals surface area contributed by atoms with Gasteiger partial charge < -0.3 is 10.5 Å². The Morgan fingerprint density at radius 1 is 1.43 bits per heavy atom. The van der Waals surface area contributed by atoms with Gasteiger partial charge in [-0.05, 0) is 18.2 Å². The number of rotatable bonds is 2. The molecule has 0 atom stereocenters. The molecule has 0 aromatic heterocycles. The van der Waals surface area contributed by atoms with Crippen molar-refractivity contribution in [3.8, 4) is 5.75 Å². The molecule has 3 N–H and O–H groups in total. The fourth-order valence-corrected chi connectivity index (χ4v) is 1.59. The van der Waals surface area contributed by atoms with Gasteiger partial charge in [0, 0.05) is 5.69 Å². The van der Waals surface area contributed by atoms with Crippen LogP contribution in [0, 0.1) is 0 Å². The van der Waals surface area contributed by atoms with E-state index in [1.54, 1.807) is 0 Å². The SMILES string of the molecule is COc1ccc(N)cc1S(=O)(=O)O.[NaH]. The fraction of sp³-hybridized carbons (Fsp3) is 0.143. The summed E-state index contributed by atoms with van der Waals surface area (Å²) in [6.45, 7) is 0. The topological polar surface area (TPSA) is 89.6 Å². The number of nitrogens with two attached hydrogens (primary N) is 1. The van der Waals surface area contributed by atoms with Crippen LogP contribution in [-0.4, -0.2) is 49.6 Å². The van der Waals surface area contributed by atoms with Crippen LogP contribution in [0.1, 0.15) is 0 Å². The summed E-state index contributed by atoms with van der Waals surface area (Å²) in [6.07, 6.45) is 0. The van der Waals surface area contributed by atoms with E-state index in [0.29, 0.717) is 0 Å². The molecule has 0 radical (unpaired) electrons. The van der Waals surface area contributed by atoms with E-state index in [9.17, 15) is 8.42 Å². The summed E-state index contributed by atoms with van der Waals surface area (Å²) in [5.41, 5.74) is 5.59. The maximum absolute atomic E-state index is 10.8. The van der Waals surface area contributed by atoms with Crippen LogP contribution in [0.5, 0.6) is 5.75 Å². The monoisotopic (exact) mass is 227 g/mol. The number of benzene rings is 1. The predicted octanol–water partition coefficient (Wildman–Crippen LogP) is -0.124. The van der Waals surface area contributed by atoms with Crippen molar-refractivity contribution in [2.24, 2.45) is 0 Å². The maximum atomic E-state index is 10.8. The minimum atomic E-state index is -4.27. The Hall–Kier alpha value is -0.270. The molecule has 0 saturated heterocycles. The summed E-state index contributed by atoms with van der Waals surface area (Å²) < 4.78 is 35.1. The van der Waals surface area contributed by atoms with Crippen molar-refractivity contribution in [1.82, 2.24) is 0 Å². The zero-order chi connectivity index (χ0) is 10.1. The summed E-state index contributed by atoms with van der Waals surface area (Å²) in [7, 11) is -2.97. The van der Waals surface area contributed by atoms with Crippen molar-refractivity contribution in [2.45, 2.75) is 4.90 Å². The Balaban J connectivity index is 0.00000169. The molecular formula is C7H10NNaO4S. The standard InChI is InChI=1S/C7H9NO4S.Na.H/c1-12-6-3-2-5(8)4-7(6)13(9,10)11;;/h2-4H,8H2,1H3,(H,9,10,11);;. The van der Waals surface area contributed by atoms with Crippen molar-refractivity contribution >= 4 is 45.4 Å². The summed E-state index contributed by atoms with van der Waals surface area (Å²) in [5, 5.41) is 0. The van der Waals surface area contributed by atoms with Crippen LogP contribution in [-0.2, 0) is 10.1 Å². The van der Waals surface area contributed by atoms with E-state index in [0.717, 1.165) is 6.07 Å². The summed E-state index contributed by atoms with van der Waals surface area (Å²) in [5.74, 6) is 0.0664. The predicted molar refractivity (Wildman–Crippen MR) is 54.4 cm³/mol. The Labute approximate surface area is 104 Å². The van der Waals surface area contributed by atoms with Crippen LogP contribution in [0.15, 0.2) is 23.1 Å². The second-order valence-corrected chi connectivity index (χ2v) is 3.78. The Bertz CT molecular complexity index is 418. The van der Waals surface area contributed by atoms with Crippen molar-refractivity contribution < 1.29 is 17.7 Å². The first-order chi connectivity index (χ1) is 5.95. The van der Waals surface area contributed by atoms with Gasteiger partial charge in [-0.3, -0.25) is 4.55 Å². The van der Waals surface area contributed by atoms with Gasteiger partial charge in [-0.2, -0.15) is 8.42 Å². The molecule has 0 heterocycles. The van der Waals surface area contributed by atoms with Gasteiger partial charge in [0.1, 0.15) is 10.6 Å². The number of methoxy groups -OCH3 is 1. The molecule has 7 heteroatoms. The molecule has 5 nitrogen and oxygen atoms in total. The quantitative estimate of drug-likeness (QED) is 0.417. The first kappa shape index (κ1) is 13.7. The average Bonchev–Trinajstić information content (AvgIpc) is 2.03. The van der Waals surface area contributed by atoms with Crippen LogP contribution in [0.2, 0.25) is 0 Å². The zero-order valence-corrected chi connectivity index (χ0v) is 7.71. The minimum absolute atomic E-state index is 0. The zero-order valence-electron chi connectivity index (χ0n) is 6.89. The molecule has 1 rings (SSSR count). The van der Waals surface area contributed by atoms with Gasteiger partial charge in [0.25, 0.3) is 10.1 Å². The van der Waals surface area contributed by atoms with Crippen LogP contribution in [0.4, 0.5) is 5.69 Å². The van der Waals surface area contributed by atoms with Crippen LogP contribution in [0.3, 0.4) is 0 Å². The second-order valence-electron chi connectivity index (χ2n) is 2.39. The molecule has 1 aromatic carbocycles. The third-order valence-corrected chi connectivity index (χ3v) is 2.34. The molecule has 0 aliphatic carbocycles. The van der Waals surface area contributed by atoms with E-state index < -0.39 is 10.1 Å². The number of hydrogen-bond acceptors (Lipinski definition) is 4. The molecule has 1 aromatic rings. The molecule has 0 amide bonds. The Morgan fingerprint density at radius 3 is 2.43 bits per heavy atom. The molecule has 0 aliphatic rings. The van der Waals surface area contributed by atoms with E-state index >= 15 is 0 Å². The first-order valence-electron chi connectivity index (χ1n) is 3.36. The first-order valence-corrected chi connectivity index (χ1v) is 4.80. The molecule has 0 spiro atoms. The Morgan fingerprint density at radius 2 is 2.00 bits per heavy atom. The third-order valence-electron chi connectivity index (χ3n) is 1.47. The van der Waals surface area contributed by atoms with Crippen LogP contribution < -0.4 is 10.5 Å². The van der Waals surface area contributed by atoms with E-state index in [1.165, 1.54) is 19.2 Å². The third kappa shape index (κ3) is 3.14. The summed E-state index contributed by atoms with van der Waals surface area (Å²) in [4.78, 5) is -0.324. The fourth-order valence-electron chi connectivity index (χ4n) is 0.895. The van der Waals surface area contributed by atoms with Gasteiger partial charge in [0.15, 0.2) is 0 Å². The number of anilines is 1. The Kier molecular flexibility index (Phi) is 4.90. The average molecular weight is 227 g/mol. The number of hydrogen-bond donors (Lipinski definition) is 2. The molecule has 0 unspecified atom stereocenters. The van der Waals surface area contributed by atoms with Crippen molar-refractivity contribution in [2.75, 3.05) is 12.8 Å². The normalized spacial score (nSPS) is 10.4. The van der Waals surface area contributed by atoms with E-state index in [-0.39, 0.29) is 45.9 Å². The van der Waals surface area contributed by atoms with Crippen molar-refractivity contribution in [3.05, 3.63) is 18.2 Å². The van der Waals surface area contributed by atoms with Gasteiger partial charge in [0.2, 0.25) is 0 Å². The van der Waals surface area contributed by atoms with Gasteiger partial charge in [-0.25, -0.2) is 0 Å². The molecular weight excluding hydrogens is 217 g/mol. The van der Waals surface area contributed by atoms with Gasteiger partial charge in [0.05, 0.1) is 7.11 Å². The van der Waals surface area contributed by atoms with Crippen LogP contribution in [0.25, 0.3) is 0 Å². The molecule has 14 heavy (non-hydrogen) atoms. The van der Waals surface area contributed by atoms with Crippen molar-refractivity contribution in [1.29, 1.82) is 0 Å². The number of nitrogen functional groups attached to an aromatic ring is 1. The molecule has 0 aliphatic heterocycles. The van der Waals surface area contributed by atoms with Gasteiger partial charge in [-0.15, -0.1) is 0 Å². The van der Waals surface area contributed by atoms with E-state index in [1.807, 2.05) is 0 Å². The second kappa shape index (κ2) is 4.99. The molecule has 0 fully saturated rings. The van der Waals surface area contributed by atoms with E-state index in [4.69, 9.17) is 15.0 Å². The molecule has 74 valence electrons. The van der Waals surface area contributed by atoms with Gasteiger partial charge in [-0.1, -0.05) is 0 Å². The summed E-state index contributed by atoms with van der Waals surface area (Å²) >= 11 is 0. The van der Waals surface area contributed by atoms with Crippen molar-refractivity contribution in [3.63, 3.8) is 0 Å².